The van der Waals surface area contributed by atoms with Crippen LogP contribution in [0.25, 0.3) is 0 Å². The molecule has 3 nitrogen and oxygen atoms in total. The smallest absolute Gasteiger partial charge is 0.187 e. The van der Waals surface area contributed by atoms with Crippen molar-refractivity contribution in [1.29, 1.82) is 0 Å². The fourth-order valence-corrected chi connectivity index (χ4v) is 2.84. The Kier molecular flexibility index (Phi) is 4.93. The van der Waals surface area contributed by atoms with Crippen molar-refractivity contribution in [2.45, 2.75) is 25.0 Å². The summed E-state index contributed by atoms with van der Waals surface area (Å²) in [6.45, 7) is 4.14. The van der Waals surface area contributed by atoms with Crippen LogP contribution in [0.3, 0.4) is 0 Å². The third kappa shape index (κ3) is 3.78. The molecule has 0 radical (unpaired) electrons. The van der Waals surface area contributed by atoms with Gasteiger partial charge in [-0.3, -0.25) is 0 Å². The zero-order valence-electron chi connectivity index (χ0n) is 11.6. The van der Waals surface area contributed by atoms with Crippen LogP contribution in [0.4, 0.5) is 0 Å². The topological polar surface area (TPSA) is 37.8 Å². The van der Waals surface area contributed by atoms with Crippen molar-refractivity contribution < 1.29 is 0 Å². The highest BCUT2D eigenvalue weighted by atomic mass is 32.2. The van der Waals surface area contributed by atoms with Crippen molar-refractivity contribution in [2.75, 3.05) is 12.8 Å². The van der Waals surface area contributed by atoms with Crippen molar-refractivity contribution in [1.82, 2.24) is 15.3 Å². The molecule has 0 aliphatic carbocycles. The Hall–Kier alpha value is -1.39. The van der Waals surface area contributed by atoms with Gasteiger partial charge in [0, 0.05) is 24.2 Å². The normalized spacial score (nSPS) is 12.4. The molecule has 0 aliphatic heterocycles. The summed E-state index contributed by atoms with van der Waals surface area (Å²) in [4.78, 5) is 8.65. The van der Waals surface area contributed by atoms with E-state index in [2.05, 4.69) is 46.5 Å². The Balaban J connectivity index is 2.04. The molecule has 1 unspecified atom stereocenters. The highest BCUT2D eigenvalue weighted by molar-refractivity contribution is 7.99. The van der Waals surface area contributed by atoms with Crippen LogP contribution in [-0.2, 0) is 0 Å². The van der Waals surface area contributed by atoms with E-state index in [4.69, 9.17) is 0 Å². The first kappa shape index (κ1) is 14.0. The lowest BCUT2D eigenvalue weighted by atomic mass is 10.0. The zero-order chi connectivity index (χ0) is 13.7. The molecule has 0 bridgehead atoms. The number of aromatic nitrogens is 2. The Labute approximate surface area is 118 Å². The molecule has 0 amide bonds. The van der Waals surface area contributed by atoms with Gasteiger partial charge >= 0.3 is 0 Å². The van der Waals surface area contributed by atoms with Crippen molar-refractivity contribution in [3.05, 3.63) is 53.3 Å². The van der Waals surface area contributed by atoms with Crippen LogP contribution in [0, 0.1) is 13.8 Å². The van der Waals surface area contributed by atoms with Crippen LogP contribution >= 0.6 is 11.8 Å². The average Bonchev–Trinajstić information content (AvgIpc) is 2.43. The second-order valence-corrected chi connectivity index (χ2v) is 5.54. The third-order valence-electron chi connectivity index (χ3n) is 3.05. The van der Waals surface area contributed by atoms with E-state index in [1.807, 2.05) is 26.4 Å². The molecule has 0 aliphatic rings. The Morgan fingerprint density at radius 2 is 1.84 bits per heavy atom. The van der Waals surface area contributed by atoms with E-state index in [-0.39, 0.29) is 0 Å². The lowest BCUT2D eigenvalue weighted by molar-refractivity contribution is 0.657. The van der Waals surface area contributed by atoms with Gasteiger partial charge in [-0.2, -0.15) is 0 Å². The Morgan fingerprint density at radius 3 is 2.47 bits per heavy atom. The van der Waals surface area contributed by atoms with Crippen LogP contribution in [-0.4, -0.2) is 22.8 Å². The summed E-state index contributed by atoms with van der Waals surface area (Å²) in [7, 11) is 1.99. The average molecular weight is 273 g/mol. The number of hydrogen-bond acceptors (Lipinski definition) is 4. The number of nitrogens with one attached hydrogen (secondary N) is 1. The molecule has 4 heteroatoms. The fourth-order valence-electron chi connectivity index (χ4n) is 1.92. The summed E-state index contributed by atoms with van der Waals surface area (Å²) in [5.74, 6) is 0.921. The molecule has 1 aromatic heterocycles. The maximum absolute atomic E-state index is 4.32. The van der Waals surface area contributed by atoms with Gasteiger partial charge in [-0.05, 0) is 37.6 Å². The molecule has 0 spiro atoms. The summed E-state index contributed by atoms with van der Waals surface area (Å²) >= 11 is 1.68. The lowest BCUT2D eigenvalue weighted by Crippen LogP contribution is -2.19. The van der Waals surface area contributed by atoms with E-state index in [9.17, 15) is 0 Å². The van der Waals surface area contributed by atoms with E-state index >= 15 is 0 Å². The fraction of sp³-hybridized carbons (Fsp3) is 0.333. The molecule has 1 aromatic carbocycles. The van der Waals surface area contributed by atoms with Gasteiger partial charge in [-0.15, -0.1) is 0 Å². The van der Waals surface area contributed by atoms with Crippen LogP contribution in [0.5, 0.6) is 0 Å². The van der Waals surface area contributed by atoms with Crippen LogP contribution in [0.15, 0.2) is 41.8 Å². The lowest BCUT2D eigenvalue weighted by Gasteiger charge is -2.18. The predicted octanol–water partition coefficient (Wildman–Crippen LogP) is 3.15. The molecular formula is C15H19N3S. The standard InChI is InChI=1S/C15H19N3S/c1-11-8-17-15(18-9-11)19-10-14(16-3)13-7-5-4-6-12(13)2/h4-9,14,16H,10H2,1-3H3. The van der Waals surface area contributed by atoms with Gasteiger partial charge in [0.1, 0.15) is 0 Å². The van der Waals surface area contributed by atoms with Crippen molar-refractivity contribution in [3.63, 3.8) is 0 Å². The largest absolute Gasteiger partial charge is 0.312 e. The maximum Gasteiger partial charge on any atom is 0.187 e. The molecule has 0 saturated carbocycles. The highest BCUT2D eigenvalue weighted by Crippen LogP contribution is 2.24. The molecule has 2 aromatic rings. The third-order valence-corrected chi connectivity index (χ3v) is 4.02. The number of benzene rings is 1. The van der Waals surface area contributed by atoms with Gasteiger partial charge in [0.2, 0.25) is 0 Å². The number of hydrogen-bond donors (Lipinski definition) is 1. The van der Waals surface area contributed by atoms with Gasteiger partial charge < -0.3 is 5.32 Å². The van der Waals surface area contributed by atoms with Crippen molar-refractivity contribution in [3.8, 4) is 0 Å². The Morgan fingerprint density at radius 1 is 1.16 bits per heavy atom. The summed E-state index contributed by atoms with van der Waals surface area (Å²) in [5.41, 5.74) is 3.74. The van der Waals surface area contributed by atoms with Gasteiger partial charge in [-0.25, -0.2) is 9.97 Å². The van der Waals surface area contributed by atoms with E-state index in [1.165, 1.54) is 11.1 Å². The first-order valence-corrected chi connectivity index (χ1v) is 7.33. The van der Waals surface area contributed by atoms with Gasteiger partial charge in [0.15, 0.2) is 5.16 Å². The molecule has 19 heavy (non-hydrogen) atoms. The van der Waals surface area contributed by atoms with Gasteiger partial charge in [0.25, 0.3) is 0 Å². The molecule has 0 fully saturated rings. The molecule has 0 saturated heterocycles. The predicted molar refractivity (Wildman–Crippen MR) is 80.5 cm³/mol. The number of aryl methyl sites for hydroxylation is 2. The van der Waals surface area contributed by atoms with Crippen molar-refractivity contribution in [2.24, 2.45) is 0 Å². The molecule has 1 heterocycles. The molecule has 2 rings (SSSR count). The first-order chi connectivity index (χ1) is 9.20. The maximum atomic E-state index is 4.32. The SMILES string of the molecule is CNC(CSc1ncc(C)cn1)c1ccccc1C. The van der Waals surface area contributed by atoms with Gasteiger partial charge in [0.05, 0.1) is 0 Å². The van der Waals surface area contributed by atoms with Gasteiger partial charge in [-0.1, -0.05) is 36.0 Å². The zero-order valence-corrected chi connectivity index (χ0v) is 12.4. The number of nitrogens with zero attached hydrogens (tertiary/aromatic N) is 2. The summed E-state index contributed by atoms with van der Waals surface area (Å²) in [5, 5.41) is 4.20. The van der Waals surface area contributed by atoms with E-state index < -0.39 is 0 Å². The molecule has 100 valence electrons. The van der Waals surface area contributed by atoms with Crippen LogP contribution in [0.2, 0.25) is 0 Å². The van der Waals surface area contributed by atoms with Crippen LogP contribution in [0.1, 0.15) is 22.7 Å². The first-order valence-electron chi connectivity index (χ1n) is 6.35. The van der Waals surface area contributed by atoms with E-state index in [0.717, 1.165) is 16.5 Å². The molecule has 1 N–H and O–H groups in total. The monoisotopic (exact) mass is 273 g/mol. The minimum Gasteiger partial charge on any atom is -0.312 e. The second kappa shape index (κ2) is 6.68. The second-order valence-electron chi connectivity index (χ2n) is 4.55. The van der Waals surface area contributed by atoms with E-state index in [0.29, 0.717) is 6.04 Å². The molecule has 1 atom stereocenters. The minimum atomic E-state index is 0.316. The van der Waals surface area contributed by atoms with Crippen LogP contribution < -0.4 is 5.32 Å². The van der Waals surface area contributed by atoms with Crippen molar-refractivity contribution >= 4 is 11.8 Å². The summed E-state index contributed by atoms with van der Waals surface area (Å²) in [6.07, 6.45) is 3.72. The number of thioether (sulfide) groups is 1. The van der Waals surface area contributed by atoms with E-state index in [1.54, 1.807) is 11.8 Å². The Bertz CT molecular complexity index is 525. The summed E-state index contributed by atoms with van der Waals surface area (Å²) in [6, 6.07) is 8.79. The minimum absolute atomic E-state index is 0.316. The molecular weight excluding hydrogens is 254 g/mol. The summed E-state index contributed by atoms with van der Waals surface area (Å²) < 4.78 is 0. The number of rotatable bonds is 5. The quantitative estimate of drug-likeness (QED) is 0.671. The highest BCUT2D eigenvalue weighted by Gasteiger charge is 2.12.